The minimum Gasteiger partial charge on any atom is -0.545 e. The summed E-state index contributed by atoms with van der Waals surface area (Å²) >= 11 is 5.91. The molecule has 0 saturated carbocycles. The summed E-state index contributed by atoms with van der Waals surface area (Å²) in [5.41, 5.74) is 0.869. The first kappa shape index (κ1) is 15.9. The molecule has 0 aromatic heterocycles. The first-order chi connectivity index (χ1) is 10.6. The van der Waals surface area contributed by atoms with Gasteiger partial charge in [0.05, 0.1) is 11.0 Å². The first-order valence-corrected chi connectivity index (χ1v) is 6.88. The Balaban J connectivity index is 1.80. The van der Waals surface area contributed by atoms with Gasteiger partial charge in [0.1, 0.15) is 5.75 Å². The number of para-hydroxylation sites is 1. The highest BCUT2D eigenvalue weighted by Gasteiger charge is 2.05. The van der Waals surface area contributed by atoms with E-state index in [0.717, 1.165) is 5.56 Å². The summed E-state index contributed by atoms with van der Waals surface area (Å²) in [6.45, 7) is 0.124. The molecular weight excluding hydrogens is 306 g/mol. The lowest BCUT2D eigenvalue weighted by atomic mass is 10.1. The van der Waals surface area contributed by atoms with Gasteiger partial charge in [-0.05, 0) is 23.3 Å². The predicted molar refractivity (Wildman–Crippen MR) is 79.6 cm³/mol. The smallest absolute Gasteiger partial charge is 0.258 e. The largest absolute Gasteiger partial charge is 0.545 e. The van der Waals surface area contributed by atoms with Gasteiger partial charge >= 0.3 is 0 Å². The SMILES string of the molecule is O=C(COc1ccccc1Cl)NCc1ccc(C(=O)[O-])cc1. The zero-order chi connectivity index (χ0) is 15.9. The minimum absolute atomic E-state index is 0.0946. The van der Waals surface area contributed by atoms with E-state index < -0.39 is 5.97 Å². The average Bonchev–Trinajstić information content (AvgIpc) is 2.52. The summed E-state index contributed by atoms with van der Waals surface area (Å²) < 4.78 is 5.31. The molecule has 1 N–H and O–H groups in total. The van der Waals surface area contributed by atoms with E-state index in [2.05, 4.69) is 5.32 Å². The highest BCUT2D eigenvalue weighted by atomic mass is 35.5. The molecule has 114 valence electrons. The van der Waals surface area contributed by atoms with Crippen molar-refractivity contribution in [2.24, 2.45) is 0 Å². The maximum atomic E-state index is 11.7. The fourth-order valence-corrected chi connectivity index (χ4v) is 1.91. The van der Waals surface area contributed by atoms with Crippen molar-refractivity contribution in [3.8, 4) is 5.75 Å². The maximum Gasteiger partial charge on any atom is 0.258 e. The maximum absolute atomic E-state index is 11.7. The fraction of sp³-hybridized carbons (Fsp3) is 0.125. The molecule has 5 nitrogen and oxygen atoms in total. The number of ether oxygens (including phenoxy) is 1. The molecule has 0 bridgehead atoms. The van der Waals surface area contributed by atoms with E-state index in [1.165, 1.54) is 12.1 Å². The van der Waals surface area contributed by atoms with Crippen LogP contribution in [-0.4, -0.2) is 18.5 Å². The zero-order valence-electron chi connectivity index (χ0n) is 11.5. The molecule has 0 aliphatic rings. The number of amides is 1. The number of carbonyl (C=O) groups excluding carboxylic acids is 2. The van der Waals surface area contributed by atoms with Crippen LogP contribution in [-0.2, 0) is 11.3 Å². The molecule has 0 radical (unpaired) electrons. The highest BCUT2D eigenvalue weighted by molar-refractivity contribution is 6.32. The second-order valence-corrected chi connectivity index (χ2v) is 4.89. The minimum atomic E-state index is -1.23. The third-order valence-electron chi connectivity index (χ3n) is 2.87. The van der Waals surface area contributed by atoms with Gasteiger partial charge in [-0.15, -0.1) is 0 Å². The lowest BCUT2D eigenvalue weighted by molar-refractivity contribution is -0.255. The van der Waals surface area contributed by atoms with Gasteiger partial charge in [-0.2, -0.15) is 0 Å². The van der Waals surface area contributed by atoms with Crippen molar-refractivity contribution < 1.29 is 19.4 Å². The molecule has 0 atom stereocenters. The van der Waals surface area contributed by atoms with Gasteiger partial charge in [0.25, 0.3) is 5.91 Å². The Morgan fingerprint density at radius 3 is 2.41 bits per heavy atom. The molecule has 2 rings (SSSR count). The quantitative estimate of drug-likeness (QED) is 0.873. The number of aromatic carboxylic acids is 1. The third kappa shape index (κ3) is 4.49. The number of halogens is 1. The Bertz CT molecular complexity index is 670. The standard InChI is InChI=1S/C16H14ClNO4/c17-13-3-1-2-4-14(13)22-10-15(19)18-9-11-5-7-12(8-6-11)16(20)21/h1-8H,9-10H2,(H,18,19)(H,20,21)/p-1. The Labute approximate surface area is 132 Å². The number of hydrogen-bond acceptors (Lipinski definition) is 4. The van der Waals surface area contributed by atoms with Crippen LogP contribution < -0.4 is 15.2 Å². The number of carbonyl (C=O) groups is 2. The predicted octanol–water partition coefficient (Wildman–Crippen LogP) is 1.40. The lowest BCUT2D eigenvalue weighted by Crippen LogP contribution is -2.28. The summed E-state index contributed by atoms with van der Waals surface area (Å²) in [7, 11) is 0. The van der Waals surface area contributed by atoms with Crippen LogP contribution in [0.2, 0.25) is 5.02 Å². The lowest BCUT2D eigenvalue weighted by Gasteiger charge is -2.09. The molecule has 0 fully saturated rings. The highest BCUT2D eigenvalue weighted by Crippen LogP contribution is 2.22. The molecule has 22 heavy (non-hydrogen) atoms. The Kier molecular flexibility index (Phi) is 5.38. The van der Waals surface area contributed by atoms with Gasteiger partial charge in [-0.3, -0.25) is 4.79 Å². The fourth-order valence-electron chi connectivity index (χ4n) is 1.72. The molecular formula is C16H13ClNO4-. The first-order valence-electron chi connectivity index (χ1n) is 6.50. The summed E-state index contributed by atoms with van der Waals surface area (Å²) in [5, 5.41) is 13.7. The molecule has 1 amide bonds. The molecule has 0 saturated heterocycles. The van der Waals surface area contributed by atoms with Crippen LogP contribution in [0.3, 0.4) is 0 Å². The monoisotopic (exact) mass is 318 g/mol. The van der Waals surface area contributed by atoms with Crippen LogP contribution in [0.25, 0.3) is 0 Å². The summed E-state index contributed by atoms with van der Waals surface area (Å²) in [4.78, 5) is 22.3. The van der Waals surface area contributed by atoms with E-state index in [1.807, 2.05) is 0 Å². The van der Waals surface area contributed by atoms with Crippen LogP contribution in [0.1, 0.15) is 15.9 Å². The number of nitrogens with one attached hydrogen (secondary N) is 1. The Morgan fingerprint density at radius 1 is 1.09 bits per heavy atom. The van der Waals surface area contributed by atoms with Crippen molar-refractivity contribution in [1.29, 1.82) is 0 Å². The van der Waals surface area contributed by atoms with Gasteiger partial charge in [-0.1, -0.05) is 48.0 Å². The molecule has 0 aliphatic heterocycles. The van der Waals surface area contributed by atoms with Crippen molar-refractivity contribution >= 4 is 23.5 Å². The van der Waals surface area contributed by atoms with Crippen LogP contribution >= 0.6 is 11.6 Å². The van der Waals surface area contributed by atoms with Gasteiger partial charge in [0, 0.05) is 6.54 Å². The number of carboxylic acids is 1. The molecule has 0 heterocycles. The van der Waals surface area contributed by atoms with E-state index >= 15 is 0 Å². The molecule has 6 heteroatoms. The van der Waals surface area contributed by atoms with Gasteiger partial charge < -0.3 is 20.0 Å². The second-order valence-electron chi connectivity index (χ2n) is 4.48. The number of rotatable bonds is 6. The van der Waals surface area contributed by atoms with E-state index in [9.17, 15) is 14.7 Å². The van der Waals surface area contributed by atoms with Gasteiger partial charge in [-0.25, -0.2) is 0 Å². The van der Waals surface area contributed by atoms with Gasteiger partial charge in [0.15, 0.2) is 6.61 Å². The zero-order valence-corrected chi connectivity index (χ0v) is 12.3. The summed E-state index contributed by atoms with van der Waals surface area (Å²) in [6.07, 6.45) is 0. The van der Waals surface area contributed by atoms with Crippen molar-refractivity contribution in [1.82, 2.24) is 5.32 Å². The Morgan fingerprint density at radius 2 is 1.77 bits per heavy atom. The van der Waals surface area contributed by atoms with E-state index in [1.54, 1.807) is 36.4 Å². The number of hydrogen-bond donors (Lipinski definition) is 1. The van der Waals surface area contributed by atoms with Crippen LogP contribution in [0, 0.1) is 0 Å². The van der Waals surface area contributed by atoms with Crippen molar-refractivity contribution in [3.63, 3.8) is 0 Å². The molecule has 0 aliphatic carbocycles. The molecule has 0 spiro atoms. The number of carboxylic acid groups (broad SMARTS) is 1. The van der Waals surface area contributed by atoms with Crippen molar-refractivity contribution in [2.45, 2.75) is 6.54 Å². The summed E-state index contributed by atoms with van der Waals surface area (Å²) in [6, 6.07) is 13.0. The average molecular weight is 319 g/mol. The van der Waals surface area contributed by atoms with Crippen LogP contribution in [0.15, 0.2) is 48.5 Å². The van der Waals surface area contributed by atoms with Crippen LogP contribution in [0.4, 0.5) is 0 Å². The van der Waals surface area contributed by atoms with E-state index in [4.69, 9.17) is 16.3 Å². The number of benzene rings is 2. The molecule has 2 aromatic carbocycles. The van der Waals surface area contributed by atoms with E-state index in [-0.39, 0.29) is 24.6 Å². The molecule has 2 aromatic rings. The second kappa shape index (κ2) is 7.47. The topological polar surface area (TPSA) is 78.5 Å². The molecule has 0 unspecified atom stereocenters. The van der Waals surface area contributed by atoms with Gasteiger partial charge in [0.2, 0.25) is 0 Å². The summed E-state index contributed by atoms with van der Waals surface area (Å²) in [5.74, 6) is -1.09. The van der Waals surface area contributed by atoms with E-state index in [0.29, 0.717) is 10.8 Å². The Hall–Kier alpha value is -2.53. The van der Waals surface area contributed by atoms with Crippen molar-refractivity contribution in [2.75, 3.05) is 6.61 Å². The normalized spacial score (nSPS) is 10.0. The third-order valence-corrected chi connectivity index (χ3v) is 3.19. The van der Waals surface area contributed by atoms with Crippen LogP contribution in [0.5, 0.6) is 5.75 Å². The van der Waals surface area contributed by atoms with Crippen molar-refractivity contribution in [3.05, 3.63) is 64.7 Å².